The van der Waals surface area contributed by atoms with Crippen molar-refractivity contribution in [3.63, 3.8) is 0 Å². The highest BCUT2D eigenvalue weighted by molar-refractivity contribution is 7.10. The molecule has 4 rings (SSSR count). The van der Waals surface area contributed by atoms with Crippen molar-refractivity contribution in [2.75, 3.05) is 38.8 Å². The van der Waals surface area contributed by atoms with Crippen LogP contribution in [-0.4, -0.2) is 59.6 Å². The van der Waals surface area contributed by atoms with E-state index in [1.165, 1.54) is 24.7 Å². The quantitative estimate of drug-likeness (QED) is 0.798. The fourth-order valence-electron chi connectivity index (χ4n) is 3.49. The Kier molecular flexibility index (Phi) is 4.62. The smallest absolute Gasteiger partial charge is 0.324 e. The van der Waals surface area contributed by atoms with Gasteiger partial charge in [-0.1, -0.05) is 0 Å². The lowest BCUT2D eigenvalue weighted by atomic mass is 10.0. The van der Waals surface area contributed by atoms with Crippen molar-refractivity contribution in [2.45, 2.75) is 19.4 Å². The van der Waals surface area contributed by atoms with E-state index in [4.69, 9.17) is 9.47 Å². The number of hydrogen-bond acceptors (Lipinski definition) is 8. The fourth-order valence-corrected chi connectivity index (χ4v) is 4.38. The van der Waals surface area contributed by atoms with Crippen LogP contribution < -0.4 is 14.4 Å². The average molecular weight is 375 g/mol. The van der Waals surface area contributed by atoms with Crippen LogP contribution in [0.3, 0.4) is 0 Å². The monoisotopic (exact) mass is 375 g/mol. The second-order valence-corrected chi connectivity index (χ2v) is 7.42. The summed E-state index contributed by atoms with van der Waals surface area (Å²) in [5.74, 6) is 0.670. The molecule has 0 N–H and O–H groups in total. The predicted molar refractivity (Wildman–Crippen MR) is 96.7 cm³/mol. The van der Waals surface area contributed by atoms with E-state index in [-0.39, 0.29) is 23.8 Å². The van der Waals surface area contributed by atoms with E-state index in [1.54, 1.807) is 11.3 Å². The van der Waals surface area contributed by atoms with Gasteiger partial charge >= 0.3 is 12.0 Å². The summed E-state index contributed by atoms with van der Waals surface area (Å²) in [6.07, 6.45) is 1.75. The van der Waals surface area contributed by atoms with Crippen LogP contribution in [0.5, 0.6) is 12.0 Å². The lowest BCUT2D eigenvalue weighted by Crippen LogP contribution is -2.40. The van der Waals surface area contributed by atoms with Crippen LogP contribution in [0.4, 0.5) is 5.95 Å². The third kappa shape index (κ3) is 3.18. The molecule has 1 fully saturated rings. The van der Waals surface area contributed by atoms with Crippen LogP contribution in [0.25, 0.3) is 0 Å². The maximum Gasteiger partial charge on any atom is 0.324 e. The molecule has 2 aliphatic rings. The number of aromatic nitrogens is 3. The van der Waals surface area contributed by atoms with E-state index in [1.807, 2.05) is 9.80 Å². The average Bonchev–Trinajstić information content (AvgIpc) is 3.35. The minimum Gasteiger partial charge on any atom is -0.467 e. The number of carbonyl (C=O) groups is 1. The normalized spacial score (nSPS) is 19.4. The van der Waals surface area contributed by atoms with Gasteiger partial charge in [0.05, 0.1) is 20.1 Å². The molecular formula is C17H21N5O3S. The van der Waals surface area contributed by atoms with Crippen molar-refractivity contribution in [1.29, 1.82) is 0 Å². The van der Waals surface area contributed by atoms with Gasteiger partial charge in [0.25, 0.3) is 0 Å². The van der Waals surface area contributed by atoms with Gasteiger partial charge in [-0.05, 0) is 29.9 Å². The number of hydrogen-bond donors (Lipinski definition) is 0. The summed E-state index contributed by atoms with van der Waals surface area (Å²) in [5, 5.41) is 2.11. The van der Waals surface area contributed by atoms with Crippen LogP contribution in [0, 0.1) is 5.92 Å². The number of thiophene rings is 1. The van der Waals surface area contributed by atoms with Crippen LogP contribution in [-0.2, 0) is 17.8 Å². The number of ether oxygens (including phenoxy) is 2. The second kappa shape index (κ2) is 7.06. The highest BCUT2D eigenvalue weighted by atomic mass is 32.1. The van der Waals surface area contributed by atoms with Gasteiger partial charge in [0.1, 0.15) is 0 Å². The molecule has 2 aliphatic heterocycles. The first-order valence-corrected chi connectivity index (χ1v) is 9.49. The highest BCUT2D eigenvalue weighted by Gasteiger charge is 2.34. The third-order valence-corrected chi connectivity index (χ3v) is 5.91. The Labute approximate surface area is 155 Å². The minimum atomic E-state index is -0.0380. The Morgan fingerprint density at radius 2 is 1.96 bits per heavy atom. The second-order valence-electron chi connectivity index (χ2n) is 6.42. The molecule has 1 unspecified atom stereocenters. The molecule has 0 aliphatic carbocycles. The number of nitrogens with zero attached hydrogens (tertiary/aromatic N) is 5. The van der Waals surface area contributed by atoms with E-state index in [0.717, 1.165) is 32.5 Å². The van der Waals surface area contributed by atoms with Crippen LogP contribution in [0.15, 0.2) is 11.4 Å². The summed E-state index contributed by atoms with van der Waals surface area (Å²) >= 11 is 1.78. The first-order chi connectivity index (χ1) is 12.7. The van der Waals surface area contributed by atoms with Crippen molar-refractivity contribution in [2.24, 2.45) is 5.92 Å². The van der Waals surface area contributed by atoms with Gasteiger partial charge in [-0.25, -0.2) is 0 Å². The van der Waals surface area contributed by atoms with E-state index >= 15 is 0 Å². The van der Waals surface area contributed by atoms with Crippen molar-refractivity contribution < 1.29 is 14.3 Å². The molecule has 26 heavy (non-hydrogen) atoms. The van der Waals surface area contributed by atoms with Crippen molar-refractivity contribution in [3.8, 4) is 12.0 Å². The number of fused-ring (bicyclic) bond motifs is 1. The van der Waals surface area contributed by atoms with E-state index in [0.29, 0.717) is 12.5 Å². The van der Waals surface area contributed by atoms with Gasteiger partial charge in [0.2, 0.25) is 11.9 Å². The van der Waals surface area contributed by atoms with Crippen LogP contribution >= 0.6 is 11.3 Å². The Hall–Kier alpha value is -2.42. The maximum atomic E-state index is 13.0. The summed E-state index contributed by atoms with van der Waals surface area (Å²) in [6, 6.07) is 2.55. The number of carbonyl (C=O) groups excluding carboxylic acids is 1. The van der Waals surface area contributed by atoms with Gasteiger partial charge in [-0.2, -0.15) is 9.97 Å². The molecule has 0 saturated carbocycles. The first-order valence-electron chi connectivity index (χ1n) is 8.61. The van der Waals surface area contributed by atoms with Crippen LogP contribution in [0.1, 0.15) is 16.9 Å². The lowest BCUT2D eigenvalue weighted by Gasteiger charge is -2.29. The largest absolute Gasteiger partial charge is 0.467 e. The fraction of sp³-hybridized carbons (Fsp3) is 0.529. The molecule has 1 atom stereocenters. The SMILES string of the molecule is COc1nc(OC)nc(N2CCC(C(=O)N3CCc4sccc4C3)C2)n1. The molecular weight excluding hydrogens is 354 g/mol. The van der Waals surface area contributed by atoms with Crippen molar-refractivity contribution in [3.05, 3.63) is 21.9 Å². The lowest BCUT2D eigenvalue weighted by molar-refractivity contribution is -0.135. The number of methoxy groups -OCH3 is 2. The van der Waals surface area contributed by atoms with E-state index < -0.39 is 0 Å². The first kappa shape index (κ1) is 17.0. The highest BCUT2D eigenvalue weighted by Crippen LogP contribution is 2.28. The standard InChI is InChI=1S/C17H21N5O3S/c1-24-16-18-15(19-17(20-16)25-2)22-6-3-12(10-22)14(23)21-7-4-13-11(9-21)5-8-26-13/h5,8,12H,3-4,6-7,9-10H2,1-2H3. The molecule has 2 aromatic heterocycles. The maximum absolute atomic E-state index is 13.0. The molecule has 4 heterocycles. The minimum absolute atomic E-state index is 0.0380. The number of amides is 1. The molecule has 0 radical (unpaired) electrons. The van der Waals surface area contributed by atoms with E-state index in [9.17, 15) is 4.79 Å². The van der Waals surface area contributed by atoms with Crippen LogP contribution in [0.2, 0.25) is 0 Å². The Balaban J connectivity index is 1.45. The zero-order valence-electron chi connectivity index (χ0n) is 14.8. The van der Waals surface area contributed by atoms with Gasteiger partial charge in [-0.3, -0.25) is 4.79 Å². The van der Waals surface area contributed by atoms with Gasteiger partial charge in [0.15, 0.2) is 0 Å². The number of rotatable bonds is 4. The topological polar surface area (TPSA) is 80.7 Å². The van der Waals surface area contributed by atoms with Gasteiger partial charge < -0.3 is 19.3 Å². The predicted octanol–water partition coefficient (Wildman–Crippen LogP) is 1.36. The van der Waals surface area contributed by atoms with Gasteiger partial charge in [0, 0.05) is 31.1 Å². The molecule has 9 heteroatoms. The zero-order chi connectivity index (χ0) is 18.1. The van der Waals surface area contributed by atoms with Crippen molar-refractivity contribution >= 4 is 23.2 Å². The molecule has 1 saturated heterocycles. The molecule has 1 amide bonds. The van der Waals surface area contributed by atoms with Crippen molar-refractivity contribution in [1.82, 2.24) is 19.9 Å². The Morgan fingerprint density at radius 3 is 2.69 bits per heavy atom. The summed E-state index contributed by atoms with van der Waals surface area (Å²) < 4.78 is 10.2. The summed E-state index contributed by atoms with van der Waals surface area (Å²) in [6.45, 7) is 2.85. The molecule has 0 bridgehead atoms. The third-order valence-electron chi connectivity index (χ3n) is 4.89. The summed E-state index contributed by atoms with van der Waals surface area (Å²) in [7, 11) is 3.01. The summed E-state index contributed by atoms with van der Waals surface area (Å²) in [5.41, 5.74) is 1.29. The Morgan fingerprint density at radius 1 is 1.19 bits per heavy atom. The van der Waals surface area contributed by atoms with Gasteiger partial charge in [-0.15, -0.1) is 16.3 Å². The zero-order valence-corrected chi connectivity index (χ0v) is 15.7. The molecule has 138 valence electrons. The molecule has 8 nitrogen and oxygen atoms in total. The number of anilines is 1. The molecule has 0 spiro atoms. The Bertz CT molecular complexity index is 789. The molecule has 0 aromatic carbocycles. The molecule has 2 aromatic rings. The summed E-state index contributed by atoms with van der Waals surface area (Å²) in [4.78, 5) is 30.9. The van der Waals surface area contributed by atoms with E-state index in [2.05, 4.69) is 26.4 Å².